The van der Waals surface area contributed by atoms with E-state index in [-0.39, 0.29) is 33.7 Å². The Balaban J connectivity index is 2.47. The van der Waals surface area contributed by atoms with Gasteiger partial charge < -0.3 is 14.7 Å². The first kappa shape index (κ1) is 23.2. The molecule has 0 saturated heterocycles. The maximum absolute atomic E-state index is 13.1. The highest BCUT2D eigenvalue weighted by Gasteiger charge is 2.27. The number of benzene rings is 1. The quantitative estimate of drug-likeness (QED) is 0.250. The van der Waals surface area contributed by atoms with Gasteiger partial charge in [-0.25, -0.2) is 4.98 Å². The van der Waals surface area contributed by atoms with Crippen molar-refractivity contribution in [3.63, 3.8) is 0 Å². The molecule has 0 aliphatic rings. The van der Waals surface area contributed by atoms with E-state index < -0.39 is 16.8 Å². The van der Waals surface area contributed by atoms with E-state index in [1.165, 1.54) is 18.3 Å². The lowest BCUT2D eigenvalue weighted by molar-refractivity contribution is -0.00380. The molecule has 1 heterocycles. The second kappa shape index (κ2) is 8.71. The number of ketones is 1. The number of hydrogen-bond donors (Lipinski definition) is 1. The van der Waals surface area contributed by atoms with Gasteiger partial charge in [0.25, 0.3) is 0 Å². The zero-order chi connectivity index (χ0) is 22.0. The molecule has 2 aromatic rings. The molecule has 8 heteroatoms. The highest BCUT2D eigenvalue weighted by Crippen LogP contribution is 2.33. The topological polar surface area (TPSA) is 81.0 Å². The lowest BCUT2D eigenvalue weighted by Crippen LogP contribution is -2.29. The van der Waals surface area contributed by atoms with E-state index in [1.54, 1.807) is 12.1 Å². The molecular weight excluding hydrogens is 460 g/mol. The number of carbonyl (C=O) groups is 1. The zero-order valence-electron chi connectivity index (χ0n) is 17.2. The molecule has 2 rings (SSSR count). The van der Waals surface area contributed by atoms with Crippen LogP contribution in [0.3, 0.4) is 0 Å². The van der Waals surface area contributed by atoms with Crippen LogP contribution >= 0.6 is 27.5 Å². The van der Waals surface area contributed by atoms with Crippen molar-refractivity contribution < 1.29 is 19.5 Å². The monoisotopic (exact) mass is 482 g/mol. The van der Waals surface area contributed by atoms with Crippen LogP contribution in [0.4, 0.5) is 0 Å². The maximum Gasteiger partial charge on any atom is 0.236 e. The first-order valence-electron chi connectivity index (χ1n) is 8.92. The summed E-state index contributed by atoms with van der Waals surface area (Å²) in [5, 5.41) is 14.6. The van der Waals surface area contributed by atoms with Gasteiger partial charge >= 0.3 is 0 Å². The van der Waals surface area contributed by atoms with Crippen molar-refractivity contribution in [2.45, 2.75) is 47.1 Å². The number of phenols is 1. The number of rotatable bonds is 4. The number of pyridine rings is 1. The molecule has 0 saturated carbocycles. The third-order valence-electron chi connectivity index (χ3n) is 3.52. The first-order chi connectivity index (χ1) is 13.3. The fourth-order valence-corrected chi connectivity index (χ4v) is 2.58. The van der Waals surface area contributed by atoms with Crippen molar-refractivity contribution in [3.8, 4) is 11.5 Å². The SMILES string of the molecule is CC(C)(C)ON=C(Oc1cccnc1C(=O)c1cc(Br)c(Cl)cc1O)C(C)(C)C. The smallest absolute Gasteiger partial charge is 0.236 e. The van der Waals surface area contributed by atoms with Crippen molar-refractivity contribution in [1.82, 2.24) is 4.98 Å². The van der Waals surface area contributed by atoms with Gasteiger partial charge in [-0.3, -0.25) is 4.79 Å². The van der Waals surface area contributed by atoms with Gasteiger partial charge in [-0.15, -0.1) is 0 Å². The predicted octanol–water partition coefficient (Wildman–Crippen LogP) is 5.99. The Bertz CT molecular complexity index is 947. The largest absolute Gasteiger partial charge is 0.507 e. The number of aromatic hydroxyl groups is 1. The summed E-state index contributed by atoms with van der Waals surface area (Å²) in [4.78, 5) is 22.7. The van der Waals surface area contributed by atoms with E-state index in [1.807, 2.05) is 41.5 Å². The van der Waals surface area contributed by atoms with E-state index in [2.05, 4.69) is 26.1 Å². The molecule has 0 fully saturated rings. The Kier molecular flexibility index (Phi) is 6.96. The number of oxime groups is 1. The minimum absolute atomic E-state index is 0.0322. The number of hydrogen-bond acceptors (Lipinski definition) is 6. The average molecular weight is 484 g/mol. The van der Waals surface area contributed by atoms with Gasteiger partial charge in [0.15, 0.2) is 11.4 Å². The van der Waals surface area contributed by atoms with Crippen LogP contribution in [0.5, 0.6) is 11.5 Å². The Morgan fingerprint density at radius 1 is 1.21 bits per heavy atom. The predicted molar refractivity (Wildman–Crippen MR) is 117 cm³/mol. The van der Waals surface area contributed by atoms with Crippen LogP contribution in [0.15, 0.2) is 40.1 Å². The third kappa shape index (κ3) is 6.18. The van der Waals surface area contributed by atoms with Gasteiger partial charge in [0.05, 0.1) is 10.6 Å². The summed E-state index contributed by atoms with van der Waals surface area (Å²) < 4.78 is 6.44. The van der Waals surface area contributed by atoms with Gasteiger partial charge in [-0.05, 0) is 54.9 Å². The normalized spacial score (nSPS) is 12.6. The summed E-state index contributed by atoms with van der Waals surface area (Å²) in [6.45, 7) is 11.4. The summed E-state index contributed by atoms with van der Waals surface area (Å²) in [6, 6.07) is 6.00. The lowest BCUT2D eigenvalue weighted by atomic mass is 9.96. The second-order valence-electron chi connectivity index (χ2n) is 8.41. The van der Waals surface area contributed by atoms with E-state index in [4.69, 9.17) is 21.2 Å². The molecule has 0 unspecified atom stereocenters. The lowest BCUT2D eigenvalue weighted by Gasteiger charge is -2.24. The van der Waals surface area contributed by atoms with Crippen molar-refractivity contribution in [1.29, 1.82) is 0 Å². The fourth-order valence-electron chi connectivity index (χ4n) is 2.08. The molecular formula is C21H24BrClN2O4. The molecule has 1 N–H and O–H groups in total. The fraction of sp³-hybridized carbons (Fsp3) is 0.381. The minimum atomic E-state index is -0.513. The molecule has 1 aromatic heterocycles. The molecule has 29 heavy (non-hydrogen) atoms. The van der Waals surface area contributed by atoms with Crippen LogP contribution in [0.1, 0.15) is 57.6 Å². The summed E-state index contributed by atoms with van der Waals surface area (Å²) in [6.07, 6.45) is 1.47. The standard InChI is InChI=1S/C21H24BrClN2O4/c1-20(2,3)19(25-29-21(4,5)6)28-16-8-7-9-24-17(16)18(27)12-10-13(22)14(23)11-15(12)26/h7-11,26H,1-6H3. The number of halogens is 2. The highest BCUT2D eigenvalue weighted by molar-refractivity contribution is 9.10. The number of aromatic nitrogens is 1. The molecule has 6 nitrogen and oxygen atoms in total. The van der Waals surface area contributed by atoms with Gasteiger partial charge in [-0.1, -0.05) is 37.5 Å². The van der Waals surface area contributed by atoms with Crippen LogP contribution in [-0.2, 0) is 4.84 Å². The van der Waals surface area contributed by atoms with Gasteiger partial charge in [0.1, 0.15) is 11.4 Å². The Morgan fingerprint density at radius 3 is 2.45 bits per heavy atom. The Hall–Kier alpha value is -2.12. The first-order valence-corrected chi connectivity index (χ1v) is 10.1. The number of phenolic OH excluding ortho intramolecular Hbond substituents is 1. The summed E-state index contributed by atoms with van der Waals surface area (Å²) in [5.41, 5.74) is -0.920. The van der Waals surface area contributed by atoms with E-state index in [0.29, 0.717) is 4.47 Å². The van der Waals surface area contributed by atoms with Crippen molar-refractivity contribution in [2.75, 3.05) is 0 Å². The Morgan fingerprint density at radius 2 is 1.86 bits per heavy atom. The molecule has 0 aliphatic heterocycles. The average Bonchev–Trinajstić information content (AvgIpc) is 2.59. The minimum Gasteiger partial charge on any atom is -0.507 e. The molecule has 0 bridgehead atoms. The van der Waals surface area contributed by atoms with E-state index in [9.17, 15) is 9.90 Å². The highest BCUT2D eigenvalue weighted by atomic mass is 79.9. The summed E-state index contributed by atoms with van der Waals surface area (Å²) in [5.74, 6) is -0.272. The molecule has 156 valence electrons. The van der Waals surface area contributed by atoms with Crippen LogP contribution in [-0.4, -0.2) is 27.4 Å². The van der Waals surface area contributed by atoms with E-state index in [0.717, 1.165) is 0 Å². The van der Waals surface area contributed by atoms with Crippen molar-refractivity contribution >= 4 is 39.2 Å². The molecule has 0 amide bonds. The molecule has 1 aromatic carbocycles. The van der Waals surface area contributed by atoms with Crippen LogP contribution in [0, 0.1) is 5.41 Å². The molecule has 0 atom stereocenters. The van der Waals surface area contributed by atoms with Crippen molar-refractivity contribution in [3.05, 3.63) is 51.2 Å². The maximum atomic E-state index is 13.1. The second-order valence-corrected chi connectivity index (χ2v) is 9.68. The van der Waals surface area contributed by atoms with Gasteiger partial charge in [0, 0.05) is 22.2 Å². The Labute approximate surface area is 184 Å². The molecule has 0 radical (unpaired) electrons. The molecule has 0 aliphatic carbocycles. The van der Waals surface area contributed by atoms with Crippen LogP contribution in [0.2, 0.25) is 5.02 Å². The van der Waals surface area contributed by atoms with E-state index >= 15 is 0 Å². The number of carbonyl (C=O) groups excluding carboxylic acids is 1. The molecule has 0 spiro atoms. The zero-order valence-corrected chi connectivity index (χ0v) is 19.6. The number of nitrogens with zero attached hydrogens (tertiary/aromatic N) is 2. The third-order valence-corrected chi connectivity index (χ3v) is 4.72. The van der Waals surface area contributed by atoms with Gasteiger partial charge in [-0.2, -0.15) is 0 Å². The van der Waals surface area contributed by atoms with Crippen molar-refractivity contribution in [2.24, 2.45) is 10.6 Å². The van der Waals surface area contributed by atoms with Crippen LogP contribution < -0.4 is 4.74 Å². The van der Waals surface area contributed by atoms with Gasteiger partial charge in [0.2, 0.25) is 11.7 Å². The summed E-state index contributed by atoms with van der Waals surface area (Å²) >= 11 is 9.23. The summed E-state index contributed by atoms with van der Waals surface area (Å²) in [7, 11) is 0. The number of ether oxygens (including phenoxy) is 1. The van der Waals surface area contributed by atoms with Crippen LogP contribution in [0.25, 0.3) is 0 Å².